The van der Waals surface area contributed by atoms with Crippen molar-refractivity contribution < 1.29 is 17.6 Å². The largest absolute Gasteiger partial charge is 0.315 e. The minimum absolute atomic E-state index is 0.0345. The number of fused-ring (bicyclic) bond motifs is 1. The number of halogens is 4. The van der Waals surface area contributed by atoms with E-state index in [0.717, 1.165) is 22.8 Å². The molecule has 0 N–H and O–H groups in total. The Morgan fingerprint density at radius 2 is 1.66 bits per heavy atom. The average Bonchev–Trinajstić information content (AvgIpc) is 3.13. The lowest BCUT2D eigenvalue weighted by molar-refractivity contribution is 0.481. The van der Waals surface area contributed by atoms with Gasteiger partial charge in [-0.3, -0.25) is 9.36 Å². The molecule has 2 aromatic heterocycles. The zero-order valence-electron chi connectivity index (χ0n) is 15.2. The zero-order chi connectivity index (χ0) is 20.7. The van der Waals surface area contributed by atoms with Crippen molar-refractivity contribution in [3.8, 4) is 5.69 Å². The van der Waals surface area contributed by atoms with Crippen LogP contribution in [-0.4, -0.2) is 19.1 Å². The summed E-state index contributed by atoms with van der Waals surface area (Å²) in [5.74, 6) is -4.08. The molecule has 0 saturated heterocycles. The summed E-state index contributed by atoms with van der Waals surface area (Å²) in [5, 5.41) is 0. The summed E-state index contributed by atoms with van der Waals surface area (Å²) in [7, 11) is 0. The summed E-state index contributed by atoms with van der Waals surface area (Å²) in [6.45, 7) is 2.28. The average molecular weight is 402 g/mol. The fourth-order valence-corrected chi connectivity index (χ4v) is 3.13. The van der Waals surface area contributed by atoms with Crippen LogP contribution < -0.4 is 5.56 Å². The van der Waals surface area contributed by atoms with Gasteiger partial charge in [-0.1, -0.05) is 0 Å². The Kier molecular flexibility index (Phi) is 4.65. The van der Waals surface area contributed by atoms with Crippen LogP contribution in [0.2, 0.25) is 0 Å². The van der Waals surface area contributed by atoms with Gasteiger partial charge in [0.15, 0.2) is 22.8 Å². The third-order valence-corrected chi connectivity index (χ3v) is 4.61. The first-order chi connectivity index (χ1) is 13.9. The molecule has 0 spiro atoms. The maximum absolute atomic E-state index is 14.2. The third-order valence-electron chi connectivity index (χ3n) is 4.61. The Morgan fingerprint density at radius 1 is 0.966 bits per heavy atom. The van der Waals surface area contributed by atoms with Crippen molar-refractivity contribution >= 4 is 11.2 Å². The van der Waals surface area contributed by atoms with Gasteiger partial charge < -0.3 is 4.57 Å². The van der Waals surface area contributed by atoms with Gasteiger partial charge in [0.05, 0.1) is 12.0 Å². The number of benzene rings is 2. The van der Waals surface area contributed by atoms with Gasteiger partial charge >= 0.3 is 0 Å². The molecule has 0 fully saturated rings. The third kappa shape index (κ3) is 3.18. The molecule has 0 bridgehead atoms. The van der Waals surface area contributed by atoms with Crippen LogP contribution in [0.15, 0.2) is 47.5 Å². The lowest BCUT2D eigenvalue weighted by Crippen LogP contribution is -2.25. The van der Waals surface area contributed by atoms with Crippen molar-refractivity contribution in [2.45, 2.75) is 19.9 Å². The molecule has 148 valence electrons. The predicted molar refractivity (Wildman–Crippen MR) is 97.9 cm³/mol. The predicted octanol–water partition coefficient (Wildman–Crippen LogP) is 3.75. The molecule has 0 unspecified atom stereocenters. The molecule has 0 radical (unpaired) electrons. The van der Waals surface area contributed by atoms with E-state index in [1.807, 2.05) is 6.92 Å². The summed E-state index contributed by atoms with van der Waals surface area (Å²) in [6, 6.07) is 6.45. The summed E-state index contributed by atoms with van der Waals surface area (Å²) in [4.78, 5) is 21.5. The van der Waals surface area contributed by atoms with Gasteiger partial charge in [-0.25, -0.2) is 27.5 Å². The van der Waals surface area contributed by atoms with E-state index in [0.29, 0.717) is 12.6 Å². The minimum Gasteiger partial charge on any atom is -0.315 e. The van der Waals surface area contributed by atoms with Gasteiger partial charge in [0.2, 0.25) is 0 Å². The number of aryl methyl sites for hydroxylation is 1. The van der Waals surface area contributed by atoms with Crippen molar-refractivity contribution in [1.82, 2.24) is 19.1 Å². The maximum Gasteiger partial charge on any atom is 0.286 e. The van der Waals surface area contributed by atoms with E-state index in [4.69, 9.17) is 0 Å². The van der Waals surface area contributed by atoms with E-state index in [-0.39, 0.29) is 22.7 Å². The van der Waals surface area contributed by atoms with Crippen LogP contribution in [0.4, 0.5) is 17.6 Å². The van der Waals surface area contributed by atoms with Crippen LogP contribution in [0.25, 0.3) is 16.9 Å². The maximum atomic E-state index is 14.2. The normalized spacial score (nSPS) is 11.3. The SMILES string of the molecule is CCn1cnc2c(=O)n(-c3ccc(F)cc3)c(Cc3c(F)ccc(F)c3F)nc21. The Labute approximate surface area is 161 Å². The van der Waals surface area contributed by atoms with Crippen molar-refractivity contribution in [2.24, 2.45) is 0 Å². The van der Waals surface area contributed by atoms with E-state index in [1.165, 1.54) is 18.5 Å². The van der Waals surface area contributed by atoms with Gasteiger partial charge in [0.1, 0.15) is 17.5 Å². The summed E-state index contributed by atoms with van der Waals surface area (Å²) < 4.78 is 58.1. The van der Waals surface area contributed by atoms with Crippen LogP contribution in [0.3, 0.4) is 0 Å². The number of hydrogen-bond acceptors (Lipinski definition) is 3. The number of imidazole rings is 1. The molecule has 0 amide bonds. The van der Waals surface area contributed by atoms with Crippen LogP contribution in [0.5, 0.6) is 0 Å². The van der Waals surface area contributed by atoms with E-state index >= 15 is 0 Å². The van der Waals surface area contributed by atoms with Crippen molar-refractivity contribution in [3.63, 3.8) is 0 Å². The lowest BCUT2D eigenvalue weighted by Gasteiger charge is -2.14. The first-order valence-electron chi connectivity index (χ1n) is 8.75. The van der Waals surface area contributed by atoms with Crippen LogP contribution in [0.1, 0.15) is 18.3 Å². The molecule has 5 nitrogen and oxygen atoms in total. The Morgan fingerprint density at radius 3 is 2.34 bits per heavy atom. The molecule has 0 aliphatic carbocycles. The highest BCUT2D eigenvalue weighted by molar-refractivity contribution is 5.70. The molecule has 4 rings (SSSR count). The van der Waals surface area contributed by atoms with Gasteiger partial charge in [-0.15, -0.1) is 0 Å². The molecule has 4 aromatic rings. The zero-order valence-corrected chi connectivity index (χ0v) is 15.2. The number of rotatable bonds is 4. The highest BCUT2D eigenvalue weighted by Gasteiger charge is 2.21. The second-order valence-electron chi connectivity index (χ2n) is 6.35. The van der Waals surface area contributed by atoms with Crippen molar-refractivity contribution in [1.29, 1.82) is 0 Å². The molecular formula is C20H14F4N4O. The minimum atomic E-state index is -1.35. The smallest absolute Gasteiger partial charge is 0.286 e. The summed E-state index contributed by atoms with van der Waals surface area (Å²) in [6.07, 6.45) is 0.939. The molecule has 2 aromatic carbocycles. The fourth-order valence-electron chi connectivity index (χ4n) is 3.13. The molecular weight excluding hydrogens is 388 g/mol. The highest BCUT2D eigenvalue weighted by Crippen LogP contribution is 2.21. The summed E-state index contributed by atoms with van der Waals surface area (Å²) in [5.41, 5.74) is -0.608. The monoisotopic (exact) mass is 402 g/mol. The van der Waals surface area contributed by atoms with Crippen LogP contribution >= 0.6 is 0 Å². The fraction of sp³-hybridized carbons (Fsp3) is 0.150. The Hall–Kier alpha value is -3.49. The van der Waals surface area contributed by atoms with Gasteiger partial charge in [0.25, 0.3) is 5.56 Å². The Balaban J connectivity index is 2.01. The molecule has 0 aliphatic rings. The molecule has 29 heavy (non-hydrogen) atoms. The molecule has 0 saturated carbocycles. The second kappa shape index (κ2) is 7.16. The van der Waals surface area contributed by atoms with E-state index in [9.17, 15) is 22.4 Å². The molecule has 0 atom stereocenters. The number of hydrogen-bond donors (Lipinski definition) is 0. The van der Waals surface area contributed by atoms with E-state index in [2.05, 4.69) is 9.97 Å². The lowest BCUT2D eigenvalue weighted by atomic mass is 10.1. The Bertz CT molecular complexity index is 1280. The number of aromatic nitrogens is 4. The molecule has 2 heterocycles. The first-order valence-corrected chi connectivity index (χ1v) is 8.75. The van der Waals surface area contributed by atoms with Gasteiger partial charge in [-0.05, 0) is 43.3 Å². The van der Waals surface area contributed by atoms with E-state index in [1.54, 1.807) is 4.57 Å². The van der Waals surface area contributed by atoms with Crippen LogP contribution in [-0.2, 0) is 13.0 Å². The quantitative estimate of drug-likeness (QED) is 0.386. The van der Waals surface area contributed by atoms with Crippen molar-refractivity contribution in [3.05, 3.63) is 87.7 Å². The molecule has 9 heteroatoms. The topological polar surface area (TPSA) is 52.7 Å². The first kappa shape index (κ1) is 18.9. The van der Waals surface area contributed by atoms with Gasteiger partial charge in [-0.2, -0.15) is 0 Å². The van der Waals surface area contributed by atoms with Gasteiger partial charge in [0, 0.05) is 18.5 Å². The second-order valence-corrected chi connectivity index (χ2v) is 6.35. The molecule has 0 aliphatic heterocycles. The van der Waals surface area contributed by atoms with Crippen LogP contribution in [0, 0.1) is 23.3 Å². The summed E-state index contributed by atoms with van der Waals surface area (Å²) >= 11 is 0. The standard InChI is InChI=1S/C20H14F4N4O/c1-2-27-10-25-18-19(27)26-16(9-13-14(22)7-8-15(23)17(13)24)28(20(18)29)12-5-3-11(21)4-6-12/h3-8,10H,2,9H2,1H3. The number of nitrogens with zero attached hydrogens (tertiary/aromatic N) is 4. The highest BCUT2D eigenvalue weighted by atomic mass is 19.2. The van der Waals surface area contributed by atoms with E-state index < -0.39 is 40.8 Å². The van der Waals surface area contributed by atoms with Crippen molar-refractivity contribution in [2.75, 3.05) is 0 Å².